The maximum atomic E-state index is 9.74. The molecule has 2 aliphatic rings. The molecule has 2 atom stereocenters. The number of nitrogens with zero attached hydrogens (tertiary/aromatic N) is 2. The van der Waals surface area contributed by atoms with Crippen molar-refractivity contribution in [3.8, 4) is 6.07 Å². The molecular formula is C16H29N3. The molecule has 0 aliphatic heterocycles. The largest absolute Gasteiger partial charge is 0.301 e. The fourth-order valence-electron chi connectivity index (χ4n) is 3.03. The summed E-state index contributed by atoms with van der Waals surface area (Å²) >= 11 is 0. The summed E-state index contributed by atoms with van der Waals surface area (Å²) in [6.07, 6.45) is 6.15. The Hall–Kier alpha value is -0.590. The van der Waals surface area contributed by atoms with Crippen LogP contribution < -0.4 is 5.32 Å². The predicted octanol–water partition coefficient (Wildman–Crippen LogP) is 2.78. The van der Waals surface area contributed by atoms with Crippen LogP contribution in [0.15, 0.2) is 0 Å². The molecule has 0 heterocycles. The van der Waals surface area contributed by atoms with Crippen LogP contribution in [0.5, 0.6) is 0 Å². The third-order valence-corrected chi connectivity index (χ3v) is 4.58. The van der Waals surface area contributed by atoms with Crippen LogP contribution in [0.4, 0.5) is 0 Å². The van der Waals surface area contributed by atoms with Crippen LogP contribution in [-0.2, 0) is 0 Å². The lowest BCUT2D eigenvalue weighted by atomic mass is 9.92. The van der Waals surface area contributed by atoms with Gasteiger partial charge in [0.05, 0.1) is 6.07 Å². The summed E-state index contributed by atoms with van der Waals surface area (Å²) in [7, 11) is 2.18. The lowest BCUT2D eigenvalue weighted by molar-refractivity contribution is 0.169. The van der Waals surface area contributed by atoms with Gasteiger partial charge in [-0.25, -0.2) is 0 Å². The van der Waals surface area contributed by atoms with Crippen LogP contribution >= 0.6 is 0 Å². The molecule has 2 saturated carbocycles. The standard InChI is InChI=1S/C16H29N3/c1-12(2)9-13(3)19(4)11-16(10-17,14-5-6-14)18-15-7-8-15/h12-15,18H,5-9,11H2,1-4H3. The van der Waals surface area contributed by atoms with E-state index in [1.165, 1.54) is 32.1 Å². The van der Waals surface area contributed by atoms with Crippen LogP contribution in [0.1, 0.15) is 52.9 Å². The molecule has 3 heteroatoms. The van der Waals surface area contributed by atoms with Gasteiger partial charge < -0.3 is 4.90 Å². The van der Waals surface area contributed by atoms with Gasteiger partial charge in [0.15, 0.2) is 0 Å². The molecule has 19 heavy (non-hydrogen) atoms. The number of rotatable bonds is 8. The van der Waals surface area contributed by atoms with Crippen molar-refractivity contribution < 1.29 is 0 Å². The van der Waals surface area contributed by atoms with E-state index in [0.29, 0.717) is 23.9 Å². The molecule has 2 rings (SSSR count). The van der Waals surface area contributed by atoms with Crippen LogP contribution in [0, 0.1) is 23.2 Å². The van der Waals surface area contributed by atoms with Crippen molar-refractivity contribution in [3.63, 3.8) is 0 Å². The lowest BCUT2D eigenvalue weighted by Gasteiger charge is -2.36. The molecule has 1 N–H and O–H groups in total. The van der Waals surface area contributed by atoms with E-state index in [2.05, 4.69) is 44.1 Å². The summed E-state index contributed by atoms with van der Waals surface area (Å²) in [5, 5.41) is 13.4. The second-order valence-corrected chi connectivity index (χ2v) is 7.17. The molecule has 0 saturated heterocycles. The fraction of sp³-hybridized carbons (Fsp3) is 0.938. The Kier molecular flexibility index (Phi) is 4.53. The molecule has 2 fully saturated rings. The normalized spacial score (nSPS) is 24.3. The van der Waals surface area contributed by atoms with Gasteiger partial charge in [0, 0.05) is 18.6 Å². The number of hydrogen-bond acceptors (Lipinski definition) is 3. The second-order valence-electron chi connectivity index (χ2n) is 7.17. The van der Waals surface area contributed by atoms with Crippen molar-refractivity contribution in [1.82, 2.24) is 10.2 Å². The quantitative estimate of drug-likeness (QED) is 0.732. The minimum Gasteiger partial charge on any atom is -0.301 e. The van der Waals surface area contributed by atoms with Crippen molar-refractivity contribution in [1.29, 1.82) is 5.26 Å². The van der Waals surface area contributed by atoms with E-state index in [1.54, 1.807) is 0 Å². The molecule has 0 amide bonds. The monoisotopic (exact) mass is 263 g/mol. The summed E-state index contributed by atoms with van der Waals surface area (Å²) < 4.78 is 0. The lowest BCUT2D eigenvalue weighted by Crippen LogP contribution is -2.56. The summed E-state index contributed by atoms with van der Waals surface area (Å²) in [5.74, 6) is 1.29. The van der Waals surface area contributed by atoms with Crippen LogP contribution in [-0.4, -0.2) is 36.1 Å². The van der Waals surface area contributed by atoms with Gasteiger partial charge in [-0.3, -0.25) is 5.32 Å². The Bertz CT molecular complexity index is 338. The molecule has 0 spiro atoms. The van der Waals surface area contributed by atoms with Crippen molar-refractivity contribution in [3.05, 3.63) is 0 Å². The highest BCUT2D eigenvalue weighted by atomic mass is 15.2. The average Bonchev–Trinajstić information content (AvgIpc) is 3.19. The van der Waals surface area contributed by atoms with Gasteiger partial charge in [0.2, 0.25) is 0 Å². The van der Waals surface area contributed by atoms with Gasteiger partial charge in [-0.1, -0.05) is 13.8 Å². The molecule has 0 aromatic rings. The highest BCUT2D eigenvalue weighted by molar-refractivity contribution is 5.18. The molecule has 0 radical (unpaired) electrons. The summed E-state index contributed by atoms with van der Waals surface area (Å²) in [6.45, 7) is 7.70. The molecular weight excluding hydrogens is 234 g/mol. The van der Waals surface area contributed by atoms with Gasteiger partial charge in [-0.05, 0) is 57.9 Å². The first-order valence-corrected chi connectivity index (χ1v) is 7.86. The zero-order valence-corrected chi connectivity index (χ0v) is 12.9. The van der Waals surface area contributed by atoms with Crippen LogP contribution in [0.2, 0.25) is 0 Å². The third kappa shape index (κ3) is 3.94. The Balaban J connectivity index is 1.96. The highest BCUT2D eigenvalue weighted by Gasteiger charge is 2.49. The number of nitriles is 1. The molecule has 0 aromatic carbocycles. The second kappa shape index (κ2) is 5.81. The van der Waals surface area contributed by atoms with E-state index in [-0.39, 0.29) is 5.54 Å². The van der Waals surface area contributed by atoms with Gasteiger partial charge in [-0.15, -0.1) is 0 Å². The van der Waals surface area contributed by atoms with E-state index in [1.807, 2.05) is 0 Å². The van der Waals surface area contributed by atoms with E-state index in [0.717, 1.165) is 6.54 Å². The Morgan fingerprint density at radius 3 is 2.32 bits per heavy atom. The van der Waals surface area contributed by atoms with Crippen molar-refractivity contribution in [2.24, 2.45) is 11.8 Å². The summed E-state index contributed by atoms with van der Waals surface area (Å²) in [4.78, 5) is 2.39. The van der Waals surface area contributed by atoms with E-state index < -0.39 is 0 Å². The summed E-state index contributed by atoms with van der Waals surface area (Å²) in [6, 6.07) is 3.79. The van der Waals surface area contributed by atoms with Crippen LogP contribution in [0.25, 0.3) is 0 Å². The molecule has 0 bridgehead atoms. The minimum absolute atomic E-state index is 0.291. The first kappa shape index (κ1) is 14.8. The maximum absolute atomic E-state index is 9.74. The molecule has 3 nitrogen and oxygen atoms in total. The highest BCUT2D eigenvalue weighted by Crippen LogP contribution is 2.42. The predicted molar refractivity (Wildman–Crippen MR) is 78.8 cm³/mol. The third-order valence-electron chi connectivity index (χ3n) is 4.58. The average molecular weight is 263 g/mol. The zero-order valence-electron chi connectivity index (χ0n) is 12.9. The maximum Gasteiger partial charge on any atom is 0.122 e. The Labute approximate surface area is 118 Å². The number of hydrogen-bond donors (Lipinski definition) is 1. The first-order chi connectivity index (χ1) is 8.97. The van der Waals surface area contributed by atoms with Gasteiger partial charge >= 0.3 is 0 Å². The van der Waals surface area contributed by atoms with Crippen molar-refractivity contribution in [2.45, 2.75) is 70.5 Å². The molecule has 0 aromatic heterocycles. The van der Waals surface area contributed by atoms with E-state index in [9.17, 15) is 5.26 Å². The summed E-state index contributed by atoms with van der Waals surface area (Å²) in [5.41, 5.74) is -0.291. The van der Waals surface area contributed by atoms with E-state index in [4.69, 9.17) is 0 Å². The van der Waals surface area contributed by atoms with Gasteiger partial charge in [0.25, 0.3) is 0 Å². The van der Waals surface area contributed by atoms with Gasteiger partial charge in [-0.2, -0.15) is 5.26 Å². The topological polar surface area (TPSA) is 39.1 Å². The van der Waals surface area contributed by atoms with Crippen molar-refractivity contribution >= 4 is 0 Å². The zero-order chi connectivity index (χ0) is 14.0. The minimum atomic E-state index is -0.291. The van der Waals surface area contributed by atoms with Gasteiger partial charge in [0.1, 0.15) is 5.54 Å². The van der Waals surface area contributed by atoms with E-state index >= 15 is 0 Å². The van der Waals surface area contributed by atoms with Crippen molar-refractivity contribution in [2.75, 3.05) is 13.6 Å². The fourth-order valence-corrected chi connectivity index (χ4v) is 3.03. The Morgan fingerprint density at radius 2 is 1.89 bits per heavy atom. The van der Waals surface area contributed by atoms with Crippen LogP contribution in [0.3, 0.4) is 0 Å². The number of likely N-dealkylation sites (N-methyl/N-ethyl adjacent to an activating group) is 1. The number of nitrogens with one attached hydrogen (secondary N) is 1. The Morgan fingerprint density at radius 1 is 1.26 bits per heavy atom. The SMILES string of the molecule is CC(C)CC(C)N(C)CC(C#N)(NC1CC1)C1CC1. The smallest absolute Gasteiger partial charge is 0.122 e. The first-order valence-electron chi connectivity index (χ1n) is 7.86. The molecule has 108 valence electrons. The molecule has 2 aliphatic carbocycles. The molecule has 2 unspecified atom stereocenters.